The van der Waals surface area contributed by atoms with Crippen LogP contribution in [0, 0.1) is 0 Å². The summed E-state index contributed by atoms with van der Waals surface area (Å²) in [6, 6.07) is 0. The van der Waals surface area contributed by atoms with E-state index in [2.05, 4.69) is 0 Å². The van der Waals surface area contributed by atoms with Crippen LogP contribution in [0.4, 0.5) is 0 Å². The Morgan fingerprint density at radius 1 is 1.73 bits per heavy atom. The van der Waals surface area contributed by atoms with Crippen molar-refractivity contribution >= 4 is 17.7 Å². The van der Waals surface area contributed by atoms with E-state index in [0.717, 1.165) is 12.2 Å². The molecular formula is C7H12O3S. The normalized spacial score (nSPS) is 30.6. The quantitative estimate of drug-likeness (QED) is 0.696. The van der Waals surface area contributed by atoms with Crippen molar-refractivity contribution < 1.29 is 14.6 Å². The predicted octanol–water partition coefficient (Wildman–Crippen LogP) is 0.982. The molecule has 0 saturated carbocycles. The lowest BCUT2D eigenvalue weighted by Gasteiger charge is -2.08. The Morgan fingerprint density at radius 2 is 2.45 bits per heavy atom. The van der Waals surface area contributed by atoms with Gasteiger partial charge in [-0.15, -0.1) is 0 Å². The summed E-state index contributed by atoms with van der Waals surface area (Å²) >= 11 is 1.69. The highest BCUT2D eigenvalue weighted by molar-refractivity contribution is 7.98. The van der Waals surface area contributed by atoms with E-state index in [1.807, 2.05) is 6.26 Å². The summed E-state index contributed by atoms with van der Waals surface area (Å²) < 4.78 is 5.24. The largest absolute Gasteiger partial charge is 0.479 e. The third-order valence-corrected chi connectivity index (χ3v) is 2.44. The number of aliphatic carboxylic acids is 1. The van der Waals surface area contributed by atoms with Gasteiger partial charge in [0.05, 0.1) is 6.10 Å². The van der Waals surface area contributed by atoms with Crippen LogP contribution < -0.4 is 0 Å². The molecule has 0 radical (unpaired) electrons. The van der Waals surface area contributed by atoms with Gasteiger partial charge in [-0.3, -0.25) is 0 Å². The Labute approximate surface area is 70.1 Å². The third-order valence-electron chi connectivity index (χ3n) is 1.74. The number of hydrogen-bond acceptors (Lipinski definition) is 3. The van der Waals surface area contributed by atoms with Crippen LogP contribution >= 0.6 is 11.8 Å². The summed E-state index contributed by atoms with van der Waals surface area (Å²) in [4.78, 5) is 10.4. The first-order chi connectivity index (χ1) is 5.24. The molecule has 0 spiro atoms. The molecule has 11 heavy (non-hydrogen) atoms. The second-order valence-electron chi connectivity index (χ2n) is 2.62. The van der Waals surface area contributed by atoms with Gasteiger partial charge in [0.15, 0.2) is 6.10 Å². The van der Waals surface area contributed by atoms with Crippen LogP contribution in [0.15, 0.2) is 0 Å². The van der Waals surface area contributed by atoms with Crippen molar-refractivity contribution in [1.29, 1.82) is 0 Å². The smallest absolute Gasteiger partial charge is 0.332 e. The highest BCUT2D eigenvalue weighted by Gasteiger charge is 2.29. The fourth-order valence-corrected chi connectivity index (χ4v) is 1.81. The lowest BCUT2D eigenvalue weighted by Crippen LogP contribution is -2.21. The standard InChI is InChI=1S/C7H12O3S/c1-11-4-5-2-3-6(10-5)7(8)9/h5-6H,2-4H2,1H3,(H,8,9). The van der Waals surface area contributed by atoms with Crippen molar-refractivity contribution in [1.82, 2.24) is 0 Å². The Morgan fingerprint density at radius 3 is 2.91 bits per heavy atom. The molecule has 1 aliphatic heterocycles. The Bertz CT molecular complexity index is 149. The zero-order chi connectivity index (χ0) is 8.27. The molecule has 2 atom stereocenters. The maximum atomic E-state index is 10.4. The lowest BCUT2D eigenvalue weighted by atomic mass is 10.2. The molecule has 64 valence electrons. The molecule has 2 unspecified atom stereocenters. The summed E-state index contributed by atoms with van der Waals surface area (Å²) in [7, 11) is 0. The first-order valence-electron chi connectivity index (χ1n) is 3.61. The van der Waals surface area contributed by atoms with Crippen LogP contribution in [-0.4, -0.2) is 35.3 Å². The molecule has 0 aromatic heterocycles. The number of carboxylic acids is 1. The van der Waals surface area contributed by atoms with Crippen molar-refractivity contribution in [3.05, 3.63) is 0 Å². The average Bonchev–Trinajstić information content (AvgIpc) is 2.37. The zero-order valence-corrected chi connectivity index (χ0v) is 7.26. The predicted molar refractivity (Wildman–Crippen MR) is 43.9 cm³/mol. The van der Waals surface area contributed by atoms with Gasteiger partial charge in [-0.25, -0.2) is 4.79 Å². The van der Waals surface area contributed by atoms with Crippen LogP contribution in [0.1, 0.15) is 12.8 Å². The van der Waals surface area contributed by atoms with Crippen LogP contribution in [-0.2, 0) is 9.53 Å². The minimum Gasteiger partial charge on any atom is -0.479 e. The van der Waals surface area contributed by atoms with Gasteiger partial charge in [0.2, 0.25) is 0 Å². The maximum Gasteiger partial charge on any atom is 0.332 e. The molecule has 1 N–H and O–H groups in total. The maximum absolute atomic E-state index is 10.4. The molecule has 0 bridgehead atoms. The summed E-state index contributed by atoms with van der Waals surface area (Å²) in [5.74, 6) is 0.0812. The molecule has 0 aliphatic carbocycles. The van der Waals surface area contributed by atoms with E-state index in [1.54, 1.807) is 11.8 Å². The van der Waals surface area contributed by atoms with Crippen molar-refractivity contribution in [3.63, 3.8) is 0 Å². The summed E-state index contributed by atoms with van der Waals surface area (Å²) in [5, 5.41) is 8.57. The second kappa shape index (κ2) is 3.97. The van der Waals surface area contributed by atoms with E-state index >= 15 is 0 Å². The fraction of sp³-hybridized carbons (Fsp3) is 0.857. The van der Waals surface area contributed by atoms with E-state index in [1.165, 1.54) is 0 Å². The SMILES string of the molecule is CSCC1CCC(C(=O)O)O1. The van der Waals surface area contributed by atoms with Crippen molar-refractivity contribution in [3.8, 4) is 0 Å². The topological polar surface area (TPSA) is 46.5 Å². The summed E-state index contributed by atoms with van der Waals surface area (Å²) in [5.41, 5.74) is 0. The molecule has 1 aliphatic rings. The van der Waals surface area contributed by atoms with E-state index in [0.29, 0.717) is 6.42 Å². The Balaban J connectivity index is 2.29. The molecule has 0 aromatic carbocycles. The van der Waals surface area contributed by atoms with Crippen molar-refractivity contribution in [2.75, 3.05) is 12.0 Å². The molecule has 1 rings (SSSR count). The number of rotatable bonds is 3. The summed E-state index contributed by atoms with van der Waals surface area (Å²) in [6.45, 7) is 0. The van der Waals surface area contributed by atoms with Crippen LogP contribution in [0.5, 0.6) is 0 Å². The fourth-order valence-electron chi connectivity index (χ4n) is 1.20. The van der Waals surface area contributed by atoms with Crippen LogP contribution in [0.3, 0.4) is 0 Å². The van der Waals surface area contributed by atoms with Gasteiger partial charge in [0.1, 0.15) is 0 Å². The number of carboxylic acid groups (broad SMARTS) is 1. The van der Waals surface area contributed by atoms with Gasteiger partial charge < -0.3 is 9.84 Å². The Hall–Kier alpha value is -0.220. The molecular weight excluding hydrogens is 164 g/mol. The van der Waals surface area contributed by atoms with E-state index in [9.17, 15) is 4.79 Å². The minimum absolute atomic E-state index is 0.158. The lowest BCUT2D eigenvalue weighted by molar-refractivity contribution is -0.148. The molecule has 1 heterocycles. The first-order valence-corrected chi connectivity index (χ1v) is 5.00. The molecule has 0 amide bonds. The molecule has 3 nitrogen and oxygen atoms in total. The number of hydrogen-bond donors (Lipinski definition) is 1. The van der Waals surface area contributed by atoms with Gasteiger partial charge in [0, 0.05) is 5.75 Å². The van der Waals surface area contributed by atoms with Gasteiger partial charge in [-0.2, -0.15) is 11.8 Å². The summed E-state index contributed by atoms with van der Waals surface area (Å²) in [6.07, 6.45) is 3.16. The van der Waals surface area contributed by atoms with Crippen molar-refractivity contribution in [2.45, 2.75) is 25.0 Å². The zero-order valence-electron chi connectivity index (χ0n) is 6.45. The third kappa shape index (κ3) is 2.38. The monoisotopic (exact) mass is 176 g/mol. The van der Waals surface area contributed by atoms with Gasteiger partial charge in [0.25, 0.3) is 0 Å². The second-order valence-corrected chi connectivity index (χ2v) is 3.53. The van der Waals surface area contributed by atoms with Crippen LogP contribution in [0.25, 0.3) is 0 Å². The van der Waals surface area contributed by atoms with Crippen molar-refractivity contribution in [2.24, 2.45) is 0 Å². The van der Waals surface area contributed by atoms with Gasteiger partial charge in [-0.05, 0) is 19.1 Å². The average molecular weight is 176 g/mol. The van der Waals surface area contributed by atoms with Gasteiger partial charge in [-0.1, -0.05) is 0 Å². The molecule has 4 heteroatoms. The van der Waals surface area contributed by atoms with Gasteiger partial charge >= 0.3 is 5.97 Å². The molecule has 0 aromatic rings. The molecule has 1 saturated heterocycles. The van der Waals surface area contributed by atoms with Crippen LogP contribution in [0.2, 0.25) is 0 Å². The molecule has 1 fully saturated rings. The number of thioether (sulfide) groups is 1. The minimum atomic E-state index is -0.825. The first kappa shape index (κ1) is 8.87. The highest BCUT2D eigenvalue weighted by Crippen LogP contribution is 2.21. The van der Waals surface area contributed by atoms with E-state index < -0.39 is 12.1 Å². The highest BCUT2D eigenvalue weighted by atomic mass is 32.2. The van der Waals surface area contributed by atoms with E-state index in [-0.39, 0.29) is 6.10 Å². The Kier molecular flexibility index (Phi) is 3.20. The number of carbonyl (C=O) groups is 1. The number of ether oxygens (including phenoxy) is 1. The van der Waals surface area contributed by atoms with E-state index in [4.69, 9.17) is 9.84 Å².